The molecule has 168 valence electrons. The molecule has 4 rings (SSSR count). The maximum Gasteiger partial charge on any atom is 0.325 e. The number of imide groups is 1. The number of thiophene rings is 1. The lowest BCUT2D eigenvalue weighted by atomic mass is 9.73. The number of nitrogens with zero attached hydrogens (tertiary/aromatic N) is 3. The molecule has 7 nitrogen and oxygen atoms in total. The highest BCUT2D eigenvalue weighted by Gasteiger charge is 2.57. The fraction of sp³-hybridized carbons (Fsp3) is 0.417. The van der Waals surface area contributed by atoms with Crippen molar-refractivity contribution >= 4 is 29.2 Å². The zero-order chi connectivity index (χ0) is 22.7. The van der Waals surface area contributed by atoms with Gasteiger partial charge in [-0.1, -0.05) is 18.2 Å². The first-order valence-electron chi connectivity index (χ1n) is 11.0. The number of urea groups is 1. The summed E-state index contributed by atoms with van der Waals surface area (Å²) in [5.41, 5.74) is 0.271. The van der Waals surface area contributed by atoms with Gasteiger partial charge in [0.2, 0.25) is 5.91 Å². The van der Waals surface area contributed by atoms with E-state index < -0.39 is 5.54 Å². The molecule has 2 aliphatic heterocycles. The van der Waals surface area contributed by atoms with Gasteiger partial charge in [0.1, 0.15) is 0 Å². The standard InChI is InChI=1S/C24H28N4O3S/c1-3-17(2)21(29)27-12-8-18(9-13-27)24(19-6-4-11-25-16-19)22(30)28(23(31)26-24)14-10-20-7-5-15-32-20/h3-7,11,15-16,18H,8-10,12-14H2,1-2H3,(H,26,31). The average Bonchev–Trinajstić information content (AvgIpc) is 3.44. The molecular weight excluding hydrogens is 424 g/mol. The number of carbonyl (C=O) groups excluding carboxylic acids is 3. The van der Waals surface area contributed by atoms with Crippen LogP contribution in [-0.4, -0.2) is 52.3 Å². The lowest BCUT2D eigenvalue weighted by molar-refractivity contribution is -0.135. The van der Waals surface area contributed by atoms with Crippen molar-refractivity contribution in [3.63, 3.8) is 0 Å². The topological polar surface area (TPSA) is 82.6 Å². The molecule has 2 aliphatic rings. The number of rotatable bonds is 6. The first kappa shape index (κ1) is 22.2. The van der Waals surface area contributed by atoms with Crippen molar-refractivity contribution < 1.29 is 14.4 Å². The Morgan fingerprint density at radius 3 is 2.69 bits per heavy atom. The SMILES string of the molecule is CC=C(C)C(=O)N1CCC(C2(c3cccnc3)NC(=O)N(CCc3cccs3)C2=O)CC1. The molecule has 1 atom stereocenters. The maximum atomic E-state index is 13.8. The summed E-state index contributed by atoms with van der Waals surface area (Å²) >= 11 is 1.62. The number of hydrogen-bond acceptors (Lipinski definition) is 5. The van der Waals surface area contributed by atoms with E-state index in [4.69, 9.17) is 0 Å². The molecule has 4 heterocycles. The summed E-state index contributed by atoms with van der Waals surface area (Å²) in [7, 11) is 0. The van der Waals surface area contributed by atoms with Crippen molar-refractivity contribution in [3.05, 3.63) is 64.1 Å². The maximum absolute atomic E-state index is 13.8. The third kappa shape index (κ3) is 3.95. The van der Waals surface area contributed by atoms with Crippen molar-refractivity contribution in [1.82, 2.24) is 20.1 Å². The number of aromatic nitrogens is 1. The summed E-state index contributed by atoms with van der Waals surface area (Å²) < 4.78 is 0. The summed E-state index contributed by atoms with van der Waals surface area (Å²) in [4.78, 5) is 47.9. The zero-order valence-corrected chi connectivity index (χ0v) is 19.2. The van der Waals surface area contributed by atoms with Gasteiger partial charge < -0.3 is 10.2 Å². The largest absolute Gasteiger partial charge is 0.339 e. The molecule has 2 aromatic rings. The number of carbonyl (C=O) groups is 3. The van der Waals surface area contributed by atoms with Crippen molar-refractivity contribution in [3.8, 4) is 0 Å². The van der Waals surface area contributed by atoms with Crippen LogP contribution in [-0.2, 0) is 21.5 Å². The van der Waals surface area contributed by atoms with Crippen LogP contribution in [0.25, 0.3) is 0 Å². The Balaban J connectivity index is 1.58. The van der Waals surface area contributed by atoms with E-state index in [-0.39, 0.29) is 23.8 Å². The highest BCUT2D eigenvalue weighted by Crippen LogP contribution is 2.41. The summed E-state index contributed by atoms with van der Waals surface area (Å²) in [6.07, 6.45) is 7.04. The number of amides is 4. The number of allylic oxidation sites excluding steroid dienone is 1. The molecule has 0 saturated carbocycles. The molecular formula is C24H28N4O3S. The van der Waals surface area contributed by atoms with E-state index in [9.17, 15) is 14.4 Å². The zero-order valence-electron chi connectivity index (χ0n) is 18.4. The number of nitrogens with one attached hydrogen (secondary N) is 1. The lowest BCUT2D eigenvalue weighted by Gasteiger charge is -2.41. The van der Waals surface area contributed by atoms with E-state index in [0.717, 1.165) is 10.5 Å². The van der Waals surface area contributed by atoms with E-state index >= 15 is 0 Å². The third-order valence-corrected chi connectivity index (χ3v) is 7.51. The minimum atomic E-state index is -1.15. The Hall–Kier alpha value is -3.00. The molecule has 2 saturated heterocycles. The van der Waals surface area contributed by atoms with Gasteiger partial charge in [0, 0.05) is 48.0 Å². The van der Waals surface area contributed by atoms with E-state index in [1.165, 1.54) is 4.90 Å². The van der Waals surface area contributed by atoms with Crippen LogP contribution >= 0.6 is 11.3 Å². The molecule has 0 aliphatic carbocycles. The number of pyridine rings is 1. The van der Waals surface area contributed by atoms with Crippen LogP contribution in [0, 0.1) is 5.92 Å². The smallest absolute Gasteiger partial charge is 0.325 e. The Labute approximate surface area is 192 Å². The van der Waals surface area contributed by atoms with E-state index in [2.05, 4.69) is 10.3 Å². The number of likely N-dealkylation sites (tertiary alicyclic amines) is 1. The van der Waals surface area contributed by atoms with Gasteiger partial charge in [-0.3, -0.25) is 19.5 Å². The fourth-order valence-electron chi connectivity index (χ4n) is 4.67. The van der Waals surface area contributed by atoms with Gasteiger partial charge >= 0.3 is 6.03 Å². The van der Waals surface area contributed by atoms with E-state index in [0.29, 0.717) is 44.5 Å². The van der Waals surface area contributed by atoms with Crippen LogP contribution < -0.4 is 5.32 Å². The quantitative estimate of drug-likeness (QED) is 0.538. The summed E-state index contributed by atoms with van der Waals surface area (Å²) in [6, 6.07) is 7.26. The second kappa shape index (κ2) is 9.24. The summed E-state index contributed by atoms with van der Waals surface area (Å²) in [5.74, 6) is -0.313. The molecule has 0 radical (unpaired) electrons. The lowest BCUT2D eigenvalue weighted by Crippen LogP contribution is -2.54. The molecule has 4 amide bonds. The summed E-state index contributed by atoms with van der Waals surface area (Å²) in [5, 5.41) is 5.04. The average molecular weight is 453 g/mol. The van der Waals surface area contributed by atoms with Gasteiger partial charge in [0.05, 0.1) is 0 Å². The molecule has 2 aromatic heterocycles. The van der Waals surface area contributed by atoms with E-state index in [1.54, 1.807) is 29.8 Å². The molecule has 0 aromatic carbocycles. The van der Waals surface area contributed by atoms with Gasteiger partial charge in [-0.05, 0) is 56.5 Å². The van der Waals surface area contributed by atoms with Crippen molar-refractivity contribution in [2.24, 2.45) is 5.92 Å². The van der Waals surface area contributed by atoms with E-state index in [1.807, 2.05) is 48.4 Å². The predicted octanol–water partition coefficient (Wildman–Crippen LogP) is 3.34. The van der Waals surface area contributed by atoms with Gasteiger partial charge in [0.15, 0.2) is 5.54 Å². The van der Waals surface area contributed by atoms with Crippen molar-refractivity contribution in [2.75, 3.05) is 19.6 Å². The first-order valence-corrected chi connectivity index (χ1v) is 11.8. The molecule has 8 heteroatoms. The highest BCUT2D eigenvalue weighted by atomic mass is 32.1. The van der Waals surface area contributed by atoms with Gasteiger partial charge in [-0.2, -0.15) is 0 Å². The van der Waals surface area contributed by atoms with Gasteiger partial charge in [-0.15, -0.1) is 11.3 Å². The van der Waals surface area contributed by atoms with Crippen molar-refractivity contribution in [1.29, 1.82) is 0 Å². The second-order valence-corrected chi connectivity index (χ2v) is 9.34. The van der Waals surface area contributed by atoms with Crippen LogP contribution in [0.3, 0.4) is 0 Å². The Kier molecular flexibility index (Phi) is 6.41. The number of hydrogen-bond donors (Lipinski definition) is 1. The second-order valence-electron chi connectivity index (χ2n) is 8.30. The normalized spacial score (nSPS) is 22.4. The van der Waals surface area contributed by atoms with Gasteiger partial charge in [-0.25, -0.2) is 4.79 Å². The molecule has 1 unspecified atom stereocenters. The Morgan fingerprint density at radius 2 is 2.06 bits per heavy atom. The third-order valence-electron chi connectivity index (χ3n) is 6.58. The minimum absolute atomic E-state index is 0.0285. The van der Waals surface area contributed by atoms with Crippen LogP contribution in [0.1, 0.15) is 37.1 Å². The Bertz CT molecular complexity index is 1010. The Morgan fingerprint density at radius 1 is 1.28 bits per heavy atom. The molecule has 2 fully saturated rings. The molecule has 1 N–H and O–H groups in total. The van der Waals surface area contributed by atoms with Crippen LogP contribution in [0.5, 0.6) is 0 Å². The monoisotopic (exact) mass is 452 g/mol. The van der Waals surface area contributed by atoms with Gasteiger partial charge in [0.25, 0.3) is 5.91 Å². The molecule has 0 bridgehead atoms. The predicted molar refractivity (Wildman–Crippen MR) is 123 cm³/mol. The van der Waals surface area contributed by atoms with Crippen LogP contribution in [0.4, 0.5) is 4.79 Å². The fourth-order valence-corrected chi connectivity index (χ4v) is 5.37. The number of piperidine rings is 1. The van der Waals surface area contributed by atoms with Crippen LogP contribution in [0.2, 0.25) is 0 Å². The minimum Gasteiger partial charge on any atom is -0.339 e. The molecule has 0 spiro atoms. The van der Waals surface area contributed by atoms with Crippen molar-refractivity contribution in [2.45, 2.75) is 38.6 Å². The van der Waals surface area contributed by atoms with Crippen LogP contribution in [0.15, 0.2) is 53.7 Å². The highest BCUT2D eigenvalue weighted by molar-refractivity contribution is 7.09. The first-order chi connectivity index (χ1) is 15.5. The summed E-state index contributed by atoms with van der Waals surface area (Å²) in [6.45, 7) is 5.11. The molecule has 32 heavy (non-hydrogen) atoms.